The van der Waals surface area contributed by atoms with Crippen molar-refractivity contribution in [1.82, 2.24) is 5.32 Å². The molecule has 0 atom stereocenters. The van der Waals surface area contributed by atoms with E-state index in [1.54, 1.807) is 6.07 Å². The highest BCUT2D eigenvalue weighted by Crippen LogP contribution is 2.29. The summed E-state index contributed by atoms with van der Waals surface area (Å²) < 4.78 is 13.7. The molecule has 2 heterocycles. The number of carbonyl (C=O) groups excluding carboxylic acids is 2. The van der Waals surface area contributed by atoms with Crippen LogP contribution in [0.2, 0.25) is 0 Å². The van der Waals surface area contributed by atoms with Gasteiger partial charge in [0.25, 0.3) is 17.5 Å². The molecule has 33 heavy (non-hydrogen) atoms. The number of amides is 2. The average molecular weight is 492 g/mol. The molecule has 172 valence electrons. The van der Waals surface area contributed by atoms with Crippen molar-refractivity contribution in [2.24, 2.45) is 0 Å². The van der Waals surface area contributed by atoms with Crippen molar-refractivity contribution in [3.05, 3.63) is 69.5 Å². The second-order valence-corrected chi connectivity index (χ2v) is 7.68. The molecule has 12 heteroatoms. The lowest BCUT2D eigenvalue weighted by Gasteiger charge is -2.30. The van der Waals surface area contributed by atoms with E-state index in [1.807, 2.05) is 0 Å². The number of quaternary nitrogens is 1. The fraction of sp³-hybridized carbons (Fsp3) is 0.190. The molecule has 2 aromatic carbocycles. The molecule has 2 aliphatic rings. The highest BCUT2D eigenvalue weighted by atomic mass is 35.5. The Morgan fingerprint density at radius 1 is 1.15 bits per heavy atom. The molecule has 4 rings (SSSR count). The molecule has 0 aromatic heterocycles. The van der Waals surface area contributed by atoms with E-state index in [-0.39, 0.29) is 34.5 Å². The maximum atomic E-state index is 13.7. The molecule has 2 aromatic rings. The maximum absolute atomic E-state index is 13.7. The van der Waals surface area contributed by atoms with Crippen molar-refractivity contribution in [2.45, 2.75) is 0 Å². The number of nitrogens with two attached hydrogens (primary N) is 1. The first-order valence-corrected chi connectivity index (χ1v) is 10.3. The third-order valence-electron chi connectivity index (χ3n) is 5.24. The summed E-state index contributed by atoms with van der Waals surface area (Å²) in [6.07, 6.45) is 1.33. The first-order chi connectivity index (χ1) is 15.3. The number of anilines is 2. The van der Waals surface area contributed by atoms with Gasteiger partial charge in [0.2, 0.25) is 0 Å². The van der Waals surface area contributed by atoms with Gasteiger partial charge in [-0.25, -0.2) is 4.39 Å². The Balaban J connectivity index is 0.00000306. The predicted molar refractivity (Wildman–Crippen MR) is 120 cm³/mol. The minimum Gasteiger partial charge on any atom is -1.00 e. The number of nitrogens with one attached hydrogen (secondary N) is 1. The van der Waals surface area contributed by atoms with Gasteiger partial charge < -0.3 is 22.6 Å². The Bertz CT molecular complexity index is 1170. The van der Waals surface area contributed by atoms with Crippen molar-refractivity contribution < 1.29 is 36.6 Å². The minimum absolute atomic E-state index is 0. The summed E-state index contributed by atoms with van der Waals surface area (Å²) >= 11 is 5.13. The zero-order valence-corrected chi connectivity index (χ0v) is 18.7. The van der Waals surface area contributed by atoms with Crippen LogP contribution < -0.4 is 32.8 Å². The van der Waals surface area contributed by atoms with E-state index in [4.69, 9.17) is 12.2 Å². The summed E-state index contributed by atoms with van der Waals surface area (Å²) in [4.78, 5) is 39.7. The van der Waals surface area contributed by atoms with Gasteiger partial charge in [0, 0.05) is 23.4 Å². The Kier molecular flexibility index (Phi) is 7.36. The normalized spacial score (nSPS) is 17.6. The Hall–Kier alpha value is -3.41. The van der Waals surface area contributed by atoms with Crippen LogP contribution in [0.15, 0.2) is 48.0 Å². The van der Waals surface area contributed by atoms with Crippen LogP contribution in [0.25, 0.3) is 6.08 Å². The molecule has 0 radical (unpaired) electrons. The molecule has 0 spiro atoms. The van der Waals surface area contributed by atoms with Gasteiger partial charge in [-0.2, -0.15) is 0 Å². The van der Waals surface area contributed by atoms with Gasteiger partial charge in [0.15, 0.2) is 5.11 Å². The molecular weight excluding hydrogens is 473 g/mol. The number of thiocarbonyl (C=S) groups is 1. The molecule has 0 unspecified atom stereocenters. The van der Waals surface area contributed by atoms with E-state index >= 15 is 0 Å². The number of hydrogen-bond acceptors (Lipinski definition) is 6. The summed E-state index contributed by atoms with van der Waals surface area (Å²) in [5.41, 5.74) is 0.795. The third kappa shape index (κ3) is 5.00. The van der Waals surface area contributed by atoms with Crippen molar-refractivity contribution in [1.29, 1.82) is 0 Å². The van der Waals surface area contributed by atoms with Crippen LogP contribution in [0.3, 0.4) is 0 Å². The summed E-state index contributed by atoms with van der Waals surface area (Å²) in [7, 11) is 0. The summed E-state index contributed by atoms with van der Waals surface area (Å²) in [5, 5.41) is 15.8. The van der Waals surface area contributed by atoms with Crippen LogP contribution in [0.4, 0.5) is 21.5 Å². The number of nitro groups is 1. The number of rotatable bonds is 4. The van der Waals surface area contributed by atoms with Crippen molar-refractivity contribution in [3.63, 3.8) is 0 Å². The maximum Gasteiger partial charge on any atom is 0.270 e. The van der Waals surface area contributed by atoms with Gasteiger partial charge in [0.05, 0.1) is 36.8 Å². The summed E-state index contributed by atoms with van der Waals surface area (Å²) in [5.74, 6) is -2.03. The first-order valence-electron chi connectivity index (χ1n) is 9.87. The fourth-order valence-electron chi connectivity index (χ4n) is 3.71. The quantitative estimate of drug-likeness (QED) is 0.167. The zero-order valence-electron chi connectivity index (χ0n) is 17.2. The lowest BCUT2D eigenvalue weighted by Crippen LogP contribution is -3.00. The molecule has 9 nitrogen and oxygen atoms in total. The predicted octanol–water partition coefficient (Wildman–Crippen LogP) is -2.05. The Labute approximate surface area is 199 Å². The number of non-ortho nitro benzene ring substituents is 1. The van der Waals surface area contributed by atoms with Crippen LogP contribution in [0, 0.1) is 15.9 Å². The second kappa shape index (κ2) is 10.0. The number of halogens is 2. The number of carbonyl (C=O) groups is 2. The Morgan fingerprint density at radius 2 is 1.88 bits per heavy atom. The van der Waals surface area contributed by atoms with E-state index in [2.05, 4.69) is 15.5 Å². The van der Waals surface area contributed by atoms with Gasteiger partial charge in [-0.05, 0) is 42.6 Å². The van der Waals surface area contributed by atoms with Crippen molar-refractivity contribution >= 4 is 52.3 Å². The number of nitrogens with zero attached hydrogens (tertiary/aromatic N) is 3. The minimum atomic E-state index is -0.742. The van der Waals surface area contributed by atoms with E-state index in [0.29, 0.717) is 24.3 Å². The molecular formula is C21H19ClFN5O4S. The van der Waals surface area contributed by atoms with E-state index in [9.17, 15) is 24.1 Å². The number of benzene rings is 2. The molecule has 2 amide bonds. The van der Waals surface area contributed by atoms with Crippen LogP contribution in [0.1, 0.15) is 5.56 Å². The van der Waals surface area contributed by atoms with E-state index in [1.165, 1.54) is 36.4 Å². The largest absolute Gasteiger partial charge is 1.00 e. The standard InChI is InChI=1S/C21H18FN5O4S.ClH/c22-14-2-1-3-15(12-14)26-20(29)17(19(28)24-21(26)32)11-13-10-16(27(30)31)4-5-18(13)25-8-6-23-7-9-25;/h1-5,10-12,23H,6-9H2,(H,24,28,32);1H/b17-11-;. The first kappa shape index (κ1) is 24.2. The van der Waals surface area contributed by atoms with Gasteiger partial charge in [-0.3, -0.25) is 29.9 Å². The number of hydrogen-bond donors (Lipinski definition) is 2. The van der Waals surface area contributed by atoms with Crippen molar-refractivity contribution in [2.75, 3.05) is 36.0 Å². The smallest absolute Gasteiger partial charge is 0.270 e. The molecule has 0 bridgehead atoms. The summed E-state index contributed by atoms with van der Waals surface area (Å²) in [6, 6.07) is 9.62. The van der Waals surface area contributed by atoms with Crippen LogP contribution in [-0.2, 0) is 9.59 Å². The highest BCUT2D eigenvalue weighted by Gasteiger charge is 2.35. The van der Waals surface area contributed by atoms with Gasteiger partial charge in [0.1, 0.15) is 11.4 Å². The average Bonchev–Trinajstić information content (AvgIpc) is 2.77. The topological polar surface area (TPSA) is 112 Å². The fourth-order valence-corrected chi connectivity index (χ4v) is 3.99. The van der Waals surface area contributed by atoms with Crippen LogP contribution >= 0.6 is 12.2 Å². The molecule has 0 saturated carbocycles. The number of piperazine rings is 1. The molecule has 2 aliphatic heterocycles. The Morgan fingerprint density at radius 3 is 2.55 bits per heavy atom. The summed E-state index contributed by atoms with van der Waals surface area (Å²) in [6.45, 7) is 3.14. The second-order valence-electron chi connectivity index (χ2n) is 7.29. The lowest BCUT2D eigenvalue weighted by atomic mass is 10.0. The zero-order chi connectivity index (χ0) is 22.8. The van der Waals surface area contributed by atoms with Crippen LogP contribution in [0.5, 0.6) is 0 Å². The SMILES string of the molecule is O=C1NC(=S)N(c2cccc(F)c2)C(=O)/C1=C\c1cc([N+](=O)[O-])ccc1N1CC[NH2+]CC1.[Cl-]. The van der Waals surface area contributed by atoms with Crippen LogP contribution in [-0.4, -0.2) is 48.0 Å². The van der Waals surface area contributed by atoms with Gasteiger partial charge in [-0.15, -0.1) is 0 Å². The van der Waals surface area contributed by atoms with Crippen molar-refractivity contribution in [3.8, 4) is 0 Å². The molecule has 0 aliphatic carbocycles. The molecule has 3 N–H and O–H groups in total. The number of nitro benzene ring substituents is 1. The highest BCUT2D eigenvalue weighted by molar-refractivity contribution is 7.80. The monoisotopic (exact) mass is 491 g/mol. The van der Waals surface area contributed by atoms with Gasteiger partial charge in [-0.1, -0.05) is 6.07 Å². The van der Waals surface area contributed by atoms with Gasteiger partial charge >= 0.3 is 0 Å². The third-order valence-corrected chi connectivity index (χ3v) is 5.52. The molecule has 2 fully saturated rings. The lowest BCUT2D eigenvalue weighted by molar-refractivity contribution is -0.655. The molecule has 2 saturated heterocycles. The van der Waals surface area contributed by atoms with E-state index in [0.717, 1.165) is 24.1 Å². The van der Waals surface area contributed by atoms with E-state index < -0.39 is 22.6 Å².